The molecule has 0 N–H and O–H groups in total. The van der Waals surface area contributed by atoms with Crippen molar-refractivity contribution in [3.05, 3.63) is 98.1 Å². The molecule has 0 saturated carbocycles. The van der Waals surface area contributed by atoms with Crippen LogP contribution in [0.2, 0.25) is 10.0 Å². The van der Waals surface area contributed by atoms with Crippen LogP contribution in [0.1, 0.15) is 15.9 Å². The number of rotatable bonds is 2. The summed E-state index contributed by atoms with van der Waals surface area (Å²) in [5.74, 6) is -1.34. The normalized spacial score (nSPS) is 11.1. The maximum absolute atomic E-state index is 14.7. The van der Waals surface area contributed by atoms with Gasteiger partial charge in [0.05, 0.1) is 26.8 Å². The number of imidazole rings is 1. The fraction of sp³-hybridized carbons (Fsp3) is 0.0476. The van der Waals surface area contributed by atoms with Crippen molar-refractivity contribution in [2.45, 2.75) is 6.92 Å². The van der Waals surface area contributed by atoms with Crippen LogP contribution in [0.5, 0.6) is 0 Å². The van der Waals surface area contributed by atoms with Crippen molar-refractivity contribution in [2.75, 3.05) is 0 Å². The molecule has 140 valence electrons. The lowest BCUT2D eigenvalue weighted by Gasteiger charge is -2.06. The number of benzene rings is 3. The number of halogens is 3. The van der Waals surface area contributed by atoms with Gasteiger partial charge in [-0.2, -0.15) is 0 Å². The van der Waals surface area contributed by atoms with E-state index < -0.39 is 17.4 Å². The number of fused-ring (bicyclic) bond motifs is 1. The van der Waals surface area contributed by atoms with Crippen LogP contribution in [0.3, 0.4) is 0 Å². The fourth-order valence-corrected chi connectivity index (χ4v) is 3.71. The second kappa shape index (κ2) is 6.93. The average Bonchev–Trinajstić information content (AvgIpc) is 2.95. The lowest BCUT2D eigenvalue weighted by Crippen LogP contribution is -2.29. The number of nitrogens with zero attached hydrogens (tertiary/aromatic N) is 2. The zero-order chi connectivity index (χ0) is 20.0. The molecule has 0 unspecified atom stereocenters. The van der Waals surface area contributed by atoms with Gasteiger partial charge in [0.2, 0.25) is 0 Å². The van der Waals surface area contributed by atoms with E-state index >= 15 is 0 Å². The minimum Gasteiger partial charge on any atom is -0.268 e. The van der Waals surface area contributed by atoms with E-state index in [4.69, 9.17) is 23.2 Å². The van der Waals surface area contributed by atoms with Gasteiger partial charge in [-0.25, -0.2) is 13.8 Å². The van der Waals surface area contributed by atoms with E-state index in [9.17, 15) is 14.0 Å². The van der Waals surface area contributed by atoms with Crippen molar-refractivity contribution in [3.8, 4) is 5.69 Å². The van der Waals surface area contributed by atoms with Crippen molar-refractivity contribution >= 4 is 40.1 Å². The van der Waals surface area contributed by atoms with Gasteiger partial charge in [-0.1, -0.05) is 53.0 Å². The van der Waals surface area contributed by atoms with Crippen LogP contribution in [0.4, 0.5) is 4.39 Å². The summed E-state index contributed by atoms with van der Waals surface area (Å²) < 4.78 is 16.8. The van der Waals surface area contributed by atoms with Gasteiger partial charge < -0.3 is 0 Å². The van der Waals surface area contributed by atoms with Gasteiger partial charge in [-0.05, 0) is 43.3 Å². The first-order valence-electron chi connectivity index (χ1n) is 8.38. The van der Waals surface area contributed by atoms with Gasteiger partial charge in [-0.15, -0.1) is 0 Å². The highest BCUT2D eigenvalue weighted by molar-refractivity contribution is 6.39. The Morgan fingerprint density at radius 2 is 1.54 bits per heavy atom. The van der Waals surface area contributed by atoms with E-state index in [0.717, 1.165) is 10.1 Å². The Labute approximate surface area is 169 Å². The third-order valence-electron chi connectivity index (χ3n) is 4.48. The molecule has 1 heterocycles. The number of aryl methyl sites for hydroxylation is 1. The summed E-state index contributed by atoms with van der Waals surface area (Å²) in [6.07, 6.45) is 0. The number of para-hydroxylation sites is 1. The Bertz CT molecular complexity index is 1270. The summed E-state index contributed by atoms with van der Waals surface area (Å²) in [6.45, 7) is 1.90. The van der Waals surface area contributed by atoms with Crippen LogP contribution < -0.4 is 5.69 Å². The van der Waals surface area contributed by atoms with Gasteiger partial charge in [0, 0.05) is 0 Å². The molecule has 3 aromatic carbocycles. The SMILES string of the molecule is Cc1ccc(-n2c(=O)n(C(=O)c3c(Cl)cccc3Cl)c3cccc(F)c32)cc1. The largest absolute Gasteiger partial charge is 0.340 e. The summed E-state index contributed by atoms with van der Waals surface area (Å²) in [5.41, 5.74) is 0.854. The molecule has 0 aliphatic rings. The minimum absolute atomic E-state index is 0.00730. The third-order valence-corrected chi connectivity index (χ3v) is 5.11. The van der Waals surface area contributed by atoms with Gasteiger partial charge in [0.1, 0.15) is 11.3 Å². The highest BCUT2D eigenvalue weighted by atomic mass is 35.5. The van der Waals surface area contributed by atoms with Crippen LogP contribution in [-0.2, 0) is 0 Å². The first-order valence-corrected chi connectivity index (χ1v) is 9.13. The molecule has 4 nitrogen and oxygen atoms in total. The third kappa shape index (κ3) is 2.84. The highest BCUT2D eigenvalue weighted by Crippen LogP contribution is 2.27. The Morgan fingerprint density at radius 3 is 2.18 bits per heavy atom. The molecule has 0 saturated heterocycles. The summed E-state index contributed by atoms with van der Waals surface area (Å²) >= 11 is 12.3. The summed E-state index contributed by atoms with van der Waals surface area (Å²) in [5, 5.41) is 0.217. The van der Waals surface area contributed by atoms with E-state index in [1.54, 1.807) is 30.3 Å². The summed E-state index contributed by atoms with van der Waals surface area (Å²) in [7, 11) is 0. The van der Waals surface area contributed by atoms with E-state index in [0.29, 0.717) is 5.69 Å². The van der Waals surface area contributed by atoms with Gasteiger partial charge in [-0.3, -0.25) is 9.36 Å². The van der Waals surface area contributed by atoms with Crippen molar-refractivity contribution in [1.82, 2.24) is 9.13 Å². The number of carbonyl (C=O) groups is 1. The minimum atomic E-state index is -0.720. The molecule has 0 fully saturated rings. The van der Waals surface area contributed by atoms with Gasteiger partial charge in [0.15, 0.2) is 0 Å². The maximum Gasteiger partial charge on any atom is 0.340 e. The highest BCUT2D eigenvalue weighted by Gasteiger charge is 2.25. The molecule has 0 aliphatic carbocycles. The first kappa shape index (κ1) is 18.5. The number of hydrogen-bond acceptors (Lipinski definition) is 2. The molecule has 0 spiro atoms. The average molecular weight is 415 g/mol. The number of aromatic nitrogens is 2. The first-order chi connectivity index (χ1) is 13.4. The lowest BCUT2D eigenvalue weighted by molar-refractivity contribution is 0.0961. The van der Waals surface area contributed by atoms with E-state index in [2.05, 4.69) is 0 Å². The summed E-state index contributed by atoms with van der Waals surface area (Å²) in [4.78, 5) is 26.4. The van der Waals surface area contributed by atoms with E-state index in [-0.39, 0.29) is 26.6 Å². The molecule has 0 bridgehead atoms. The van der Waals surface area contributed by atoms with Gasteiger partial charge >= 0.3 is 5.69 Å². The predicted octanol–water partition coefficient (Wildman–Crippen LogP) is 5.24. The number of carbonyl (C=O) groups excluding carboxylic acids is 1. The molecule has 0 radical (unpaired) electrons. The molecule has 1 aromatic heterocycles. The van der Waals surface area contributed by atoms with Crippen LogP contribution in [0.25, 0.3) is 16.7 Å². The van der Waals surface area contributed by atoms with Crippen LogP contribution in [-0.4, -0.2) is 15.0 Å². The molecule has 28 heavy (non-hydrogen) atoms. The Hall–Kier alpha value is -2.89. The zero-order valence-electron chi connectivity index (χ0n) is 14.6. The molecular formula is C21H13Cl2FN2O2. The second-order valence-corrected chi connectivity index (χ2v) is 7.11. The van der Waals surface area contributed by atoms with Crippen molar-refractivity contribution in [2.24, 2.45) is 0 Å². The molecule has 0 aliphatic heterocycles. The smallest absolute Gasteiger partial charge is 0.268 e. The quantitative estimate of drug-likeness (QED) is 0.450. The standard InChI is InChI=1S/C21H13Cl2FN2O2/c1-12-8-10-13(11-9-12)25-19-16(24)6-3-7-17(19)26(21(25)28)20(27)18-14(22)4-2-5-15(18)23/h2-11H,1H3. The Balaban J connectivity index is 2.07. The monoisotopic (exact) mass is 414 g/mol. The van der Waals surface area contributed by atoms with Gasteiger partial charge in [0.25, 0.3) is 5.91 Å². The Morgan fingerprint density at radius 1 is 0.929 bits per heavy atom. The predicted molar refractivity (Wildman–Crippen MR) is 108 cm³/mol. The zero-order valence-corrected chi connectivity index (χ0v) is 16.1. The molecule has 4 rings (SSSR count). The van der Waals surface area contributed by atoms with E-state index in [1.165, 1.54) is 34.9 Å². The molecular weight excluding hydrogens is 402 g/mol. The molecule has 4 aromatic rings. The van der Waals surface area contributed by atoms with Crippen LogP contribution in [0, 0.1) is 12.7 Å². The summed E-state index contributed by atoms with van der Waals surface area (Å²) in [6, 6.07) is 15.8. The molecule has 7 heteroatoms. The van der Waals surface area contributed by atoms with Crippen molar-refractivity contribution in [1.29, 1.82) is 0 Å². The maximum atomic E-state index is 14.7. The van der Waals surface area contributed by atoms with Crippen LogP contribution in [0.15, 0.2) is 65.5 Å². The molecule has 0 amide bonds. The molecule has 0 atom stereocenters. The Kier molecular flexibility index (Phi) is 4.57. The lowest BCUT2D eigenvalue weighted by atomic mass is 10.2. The van der Waals surface area contributed by atoms with Crippen LogP contribution >= 0.6 is 23.2 Å². The van der Waals surface area contributed by atoms with E-state index in [1.807, 2.05) is 6.92 Å². The number of hydrogen-bond donors (Lipinski definition) is 0. The fourth-order valence-electron chi connectivity index (χ4n) is 3.15. The van der Waals surface area contributed by atoms with Crippen molar-refractivity contribution < 1.29 is 9.18 Å². The second-order valence-electron chi connectivity index (χ2n) is 6.30. The van der Waals surface area contributed by atoms with Crippen molar-refractivity contribution in [3.63, 3.8) is 0 Å². The topological polar surface area (TPSA) is 44.0 Å².